The number of aryl methyl sites for hydroxylation is 1. The molecule has 0 fully saturated rings. The molecule has 4 nitrogen and oxygen atoms in total. The van der Waals surface area contributed by atoms with Crippen LogP contribution in [0.25, 0.3) is 43.1 Å². The number of hydrogen-bond donors (Lipinski definition) is 0. The molecule has 0 saturated heterocycles. The lowest BCUT2D eigenvalue weighted by molar-refractivity contribution is 0.319. The van der Waals surface area contributed by atoms with Gasteiger partial charge in [-0.05, 0) is 43.7 Å². The molecule has 0 aliphatic heterocycles. The minimum Gasteiger partial charge on any atom is -0.492 e. The molecule has 4 heteroatoms. The topological polar surface area (TPSA) is 36.9 Å². The number of fused-ring (bicyclic) bond motifs is 4. The fourth-order valence-corrected chi connectivity index (χ4v) is 5.85. The predicted octanol–water partition coefficient (Wildman–Crippen LogP) is 11.7. The zero-order valence-corrected chi connectivity index (χ0v) is 28.2. The summed E-state index contributed by atoms with van der Waals surface area (Å²) in [6.45, 7) is 13.6. The van der Waals surface area contributed by atoms with E-state index in [1.165, 1.54) is 5.56 Å². The second-order valence-corrected chi connectivity index (χ2v) is 11.6. The molecule has 6 aromatic carbocycles. The van der Waals surface area contributed by atoms with Gasteiger partial charge < -0.3 is 18.9 Å². The van der Waals surface area contributed by atoms with Gasteiger partial charge in [0.05, 0.1) is 26.4 Å². The molecular formula is C42H48O4. The number of benzene rings is 6. The minimum absolute atomic E-state index is 0.725. The van der Waals surface area contributed by atoms with E-state index in [4.69, 9.17) is 18.9 Å². The molecule has 240 valence electrons. The van der Waals surface area contributed by atoms with E-state index in [0.29, 0.717) is 0 Å². The second-order valence-electron chi connectivity index (χ2n) is 11.6. The van der Waals surface area contributed by atoms with Gasteiger partial charge in [0.1, 0.15) is 23.0 Å². The maximum absolute atomic E-state index is 6.19. The van der Waals surface area contributed by atoms with Crippen LogP contribution in [0.1, 0.15) is 65.9 Å². The highest BCUT2D eigenvalue weighted by atomic mass is 16.5. The zero-order chi connectivity index (χ0) is 32.3. The van der Waals surface area contributed by atoms with E-state index in [2.05, 4.69) is 126 Å². The molecule has 0 N–H and O–H groups in total. The minimum atomic E-state index is 0.725. The molecule has 0 aliphatic carbocycles. The fourth-order valence-electron chi connectivity index (χ4n) is 5.85. The average Bonchev–Trinajstić information content (AvgIpc) is 3.11. The fraction of sp³-hybridized carbons (Fsp3) is 0.333. The SMILES string of the molecule is CCCOc1c2ccccc2c(OCCC)c2cc(CC)ccc12.CCCOc1c2ccccc2c(OCCC)c2ccccc12. The highest BCUT2D eigenvalue weighted by Gasteiger charge is 2.17. The molecule has 0 heterocycles. The Morgan fingerprint density at radius 3 is 0.913 bits per heavy atom. The molecule has 0 bridgehead atoms. The van der Waals surface area contributed by atoms with Crippen molar-refractivity contribution in [2.75, 3.05) is 26.4 Å². The van der Waals surface area contributed by atoms with Crippen molar-refractivity contribution in [3.05, 3.63) is 96.6 Å². The van der Waals surface area contributed by atoms with Crippen LogP contribution >= 0.6 is 0 Å². The third-order valence-corrected chi connectivity index (χ3v) is 8.03. The molecule has 0 spiro atoms. The van der Waals surface area contributed by atoms with Crippen molar-refractivity contribution in [1.82, 2.24) is 0 Å². The van der Waals surface area contributed by atoms with Crippen LogP contribution < -0.4 is 18.9 Å². The summed E-state index contributed by atoms with van der Waals surface area (Å²) in [6.07, 6.45) is 5.00. The van der Waals surface area contributed by atoms with Gasteiger partial charge >= 0.3 is 0 Å². The first kappa shape index (κ1) is 32.9. The zero-order valence-electron chi connectivity index (χ0n) is 28.2. The third kappa shape index (κ3) is 7.02. The summed E-state index contributed by atoms with van der Waals surface area (Å²) in [5, 5.41) is 9.08. The van der Waals surface area contributed by atoms with Crippen molar-refractivity contribution in [3.63, 3.8) is 0 Å². The van der Waals surface area contributed by atoms with Crippen molar-refractivity contribution in [3.8, 4) is 23.0 Å². The molecule has 0 unspecified atom stereocenters. The number of hydrogen-bond acceptors (Lipinski definition) is 4. The Bertz CT molecular complexity index is 1770. The van der Waals surface area contributed by atoms with Crippen LogP contribution in [0.2, 0.25) is 0 Å². The maximum Gasteiger partial charge on any atom is 0.135 e. The van der Waals surface area contributed by atoms with Crippen molar-refractivity contribution < 1.29 is 18.9 Å². The van der Waals surface area contributed by atoms with Gasteiger partial charge in [-0.25, -0.2) is 0 Å². The van der Waals surface area contributed by atoms with E-state index in [-0.39, 0.29) is 0 Å². The summed E-state index contributed by atoms with van der Waals surface area (Å²) in [4.78, 5) is 0. The van der Waals surface area contributed by atoms with E-state index < -0.39 is 0 Å². The summed E-state index contributed by atoms with van der Waals surface area (Å²) >= 11 is 0. The number of ether oxygens (including phenoxy) is 4. The van der Waals surface area contributed by atoms with Gasteiger partial charge in [0, 0.05) is 43.1 Å². The van der Waals surface area contributed by atoms with Crippen molar-refractivity contribution in [2.24, 2.45) is 0 Å². The van der Waals surface area contributed by atoms with Crippen LogP contribution in [0.15, 0.2) is 91.0 Å². The second kappa shape index (κ2) is 16.2. The lowest BCUT2D eigenvalue weighted by Crippen LogP contribution is -2.01. The Morgan fingerprint density at radius 1 is 0.348 bits per heavy atom. The van der Waals surface area contributed by atoms with Crippen molar-refractivity contribution in [1.29, 1.82) is 0 Å². The summed E-state index contributed by atoms with van der Waals surface area (Å²) in [7, 11) is 0. The van der Waals surface area contributed by atoms with Crippen molar-refractivity contribution >= 4 is 43.1 Å². The van der Waals surface area contributed by atoms with Gasteiger partial charge in [0.25, 0.3) is 0 Å². The van der Waals surface area contributed by atoms with Crippen LogP contribution in [0.4, 0.5) is 0 Å². The Balaban J connectivity index is 0.000000182. The molecule has 46 heavy (non-hydrogen) atoms. The average molecular weight is 617 g/mol. The highest BCUT2D eigenvalue weighted by molar-refractivity contribution is 6.12. The van der Waals surface area contributed by atoms with Gasteiger partial charge in [-0.3, -0.25) is 0 Å². The van der Waals surface area contributed by atoms with Gasteiger partial charge in [-0.1, -0.05) is 120 Å². The Labute approximate surface area is 274 Å². The smallest absolute Gasteiger partial charge is 0.135 e. The van der Waals surface area contributed by atoms with E-state index in [0.717, 1.165) is 125 Å². The molecule has 0 saturated carbocycles. The lowest BCUT2D eigenvalue weighted by Gasteiger charge is -2.18. The maximum atomic E-state index is 6.19. The van der Waals surface area contributed by atoms with Gasteiger partial charge in [0.15, 0.2) is 0 Å². The van der Waals surface area contributed by atoms with Crippen molar-refractivity contribution in [2.45, 2.75) is 66.7 Å². The normalized spacial score (nSPS) is 11.1. The molecule has 6 rings (SSSR count). The first-order chi connectivity index (χ1) is 22.7. The Kier molecular flexibility index (Phi) is 11.6. The Morgan fingerprint density at radius 2 is 0.630 bits per heavy atom. The highest BCUT2D eigenvalue weighted by Crippen LogP contribution is 2.44. The number of rotatable bonds is 13. The monoisotopic (exact) mass is 616 g/mol. The van der Waals surface area contributed by atoms with E-state index in [1.54, 1.807) is 0 Å². The summed E-state index contributed by atoms with van der Waals surface area (Å²) in [6, 6.07) is 31.7. The van der Waals surface area contributed by atoms with Gasteiger partial charge in [0.2, 0.25) is 0 Å². The first-order valence-corrected chi connectivity index (χ1v) is 17.1. The summed E-state index contributed by atoms with van der Waals surface area (Å²) in [5.74, 6) is 3.91. The standard InChI is InChI=1S/C22H26O2.C20H22O2/c1-4-13-23-21-17-9-7-8-10-18(17)22(24-14-5-2)20-15-16(6-3)11-12-19(20)21;1-3-13-21-19-15-9-5-7-11-17(15)20(22-14-4-2)18-12-8-6-10-16(18)19/h7-12,15H,4-6,13-14H2,1-3H3;5-12H,3-4,13-14H2,1-2H3. The summed E-state index contributed by atoms with van der Waals surface area (Å²) in [5.41, 5.74) is 1.32. The largest absolute Gasteiger partial charge is 0.492 e. The van der Waals surface area contributed by atoms with Crippen LogP contribution in [-0.2, 0) is 6.42 Å². The molecule has 0 amide bonds. The molecule has 6 aromatic rings. The lowest BCUT2D eigenvalue weighted by atomic mass is 9.98. The van der Waals surface area contributed by atoms with Crippen LogP contribution in [0.5, 0.6) is 23.0 Å². The molecule has 0 aliphatic rings. The quantitative estimate of drug-likeness (QED) is 0.121. The van der Waals surface area contributed by atoms with E-state index >= 15 is 0 Å². The van der Waals surface area contributed by atoms with E-state index in [9.17, 15) is 0 Å². The molecule has 0 atom stereocenters. The van der Waals surface area contributed by atoms with Gasteiger partial charge in [-0.15, -0.1) is 0 Å². The Hall–Kier alpha value is -4.44. The van der Waals surface area contributed by atoms with E-state index in [1.807, 2.05) is 0 Å². The predicted molar refractivity (Wildman–Crippen MR) is 195 cm³/mol. The first-order valence-electron chi connectivity index (χ1n) is 17.1. The molecule has 0 radical (unpaired) electrons. The molecule has 0 aromatic heterocycles. The third-order valence-electron chi connectivity index (χ3n) is 8.03. The summed E-state index contributed by atoms with van der Waals surface area (Å²) < 4.78 is 24.5. The molecular weight excluding hydrogens is 568 g/mol. The van der Waals surface area contributed by atoms with Crippen LogP contribution in [-0.4, -0.2) is 26.4 Å². The van der Waals surface area contributed by atoms with Gasteiger partial charge in [-0.2, -0.15) is 0 Å². The van der Waals surface area contributed by atoms with Crippen LogP contribution in [0.3, 0.4) is 0 Å². The van der Waals surface area contributed by atoms with Crippen LogP contribution in [0, 0.1) is 0 Å².